The van der Waals surface area contributed by atoms with Crippen LogP contribution in [0.1, 0.15) is 22.8 Å². The predicted molar refractivity (Wildman–Crippen MR) is 127 cm³/mol. The number of nitrogens with one attached hydrogen (secondary N) is 1. The van der Waals surface area contributed by atoms with Gasteiger partial charge in [-0.25, -0.2) is 9.18 Å². The van der Waals surface area contributed by atoms with E-state index in [2.05, 4.69) is 5.32 Å². The van der Waals surface area contributed by atoms with Gasteiger partial charge in [-0.1, -0.05) is 6.07 Å². The lowest BCUT2D eigenvalue weighted by Crippen LogP contribution is -2.32. The average Bonchev–Trinajstić information content (AvgIpc) is 3.08. The molecule has 0 bridgehead atoms. The van der Waals surface area contributed by atoms with E-state index in [-0.39, 0.29) is 30.2 Å². The van der Waals surface area contributed by atoms with Crippen LogP contribution in [0.4, 0.5) is 14.9 Å². The van der Waals surface area contributed by atoms with E-state index >= 15 is 0 Å². The second-order valence-electron chi connectivity index (χ2n) is 7.79. The number of amides is 5. The summed E-state index contributed by atoms with van der Waals surface area (Å²) in [5.41, 5.74) is 1.13. The summed E-state index contributed by atoms with van der Waals surface area (Å²) in [5, 5.41) is 2.76. The maximum atomic E-state index is 13.0. The van der Waals surface area contributed by atoms with Gasteiger partial charge in [-0.3, -0.25) is 24.2 Å². The summed E-state index contributed by atoms with van der Waals surface area (Å²) in [6, 6.07) is 16.1. The smallest absolute Gasteiger partial charge is 0.334 e. The third kappa shape index (κ3) is 5.02. The SMILES string of the molecule is CCN1C(=O)C(=O)N(Cc2ccc(OC)c(C(=O)Nc3ccc(Oc4ccc(F)cc4)cc3)c2)C1=O. The van der Waals surface area contributed by atoms with Gasteiger partial charge in [-0.2, -0.15) is 0 Å². The van der Waals surface area contributed by atoms with Crippen LogP contribution in [0.5, 0.6) is 17.2 Å². The molecule has 3 aromatic carbocycles. The Hall–Kier alpha value is -4.73. The number of urea groups is 1. The molecule has 1 N–H and O–H groups in total. The average molecular weight is 491 g/mol. The molecule has 0 spiro atoms. The fourth-order valence-corrected chi connectivity index (χ4v) is 3.63. The number of methoxy groups -OCH3 is 1. The highest BCUT2D eigenvalue weighted by Crippen LogP contribution is 2.26. The summed E-state index contributed by atoms with van der Waals surface area (Å²) in [6.45, 7) is 1.52. The zero-order chi connectivity index (χ0) is 25.8. The normalized spacial score (nSPS) is 13.2. The first-order valence-electron chi connectivity index (χ1n) is 11.0. The van der Waals surface area contributed by atoms with E-state index in [1.807, 2.05) is 0 Å². The van der Waals surface area contributed by atoms with Gasteiger partial charge in [-0.05, 0) is 73.2 Å². The summed E-state index contributed by atoms with van der Waals surface area (Å²) < 4.78 is 24.0. The maximum absolute atomic E-state index is 13.0. The molecule has 0 unspecified atom stereocenters. The highest BCUT2D eigenvalue weighted by Gasteiger charge is 2.43. The molecule has 184 valence electrons. The molecule has 1 saturated heterocycles. The standard InChI is InChI=1S/C26H22FN3O6/c1-3-29-24(32)25(33)30(26(29)34)15-16-4-13-22(35-2)21(14-16)23(31)28-18-7-11-20(12-8-18)36-19-9-5-17(27)6-10-19/h4-14H,3,15H2,1-2H3,(H,28,31). The van der Waals surface area contributed by atoms with Gasteiger partial charge < -0.3 is 14.8 Å². The third-order valence-corrected chi connectivity index (χ3v) is 5.46. The quantitative estimate of drug-likeness (QED) is 0.374. The van der Waals surface area contributed by atoms with Crippen molar-refractivity contribution in [1.82, 2.24) is 9.80 Å². The molecule has 0 atom stereocenters. The Balaban J connectivity index is 1.47. The molecule has 10 heteroatoms. The molecule has 1 aliphatic heterocycles. The van der Waals surface area contributed by atoms with Crippen molar-refractivity contribution in [2.75, 3.05) is 19.0 Å². The topological polar surface area (TPSA) is 105 Å². The van der Waals surface area contributed by atoms with Gasteiger partial charge in [-0.15, -0.1) is 0 Å². The Morgan fingerprint density at radius 3 is 2.08 bits per heavy atom. The van der Waals surface area contributed by atoms with Crippen LogP contribution in [0.25, 0.3) is 0 Å². The number of ether oxygens (including phenoxy) is 2. The van der Waals surface area contributed by atoms with Crippen LogP contribution < -0.4 is 14.8 Å². The molecular weight excluding hydrogens is 469 g/mol. The van der Waals surface area contributed by atoms with Gasteiger partial charge in [0, 0.05) is 12.2 Å². The summed E-state index contributed by atoms with van der Waals surface area (Å²) in [7, 11) is 1.42. The fourth-order valence-electron chi connectivity index (χ4n) is 3.63. The molecule has 1 aliphatic rings. The Kier molecular flexibility index (Phi) is 6.95. The maximum Gasteiger partial charge on any atom is 0.334 e. The lowest BCUT2D eigenvalue weighted by atomic mass is 10.1. The largest absolute Gasteiger partial charge is 0.496 e. The van der Waals surface area contributed by atoms with Gasteiger partial charge in [0.1, 0.15) is 23.1 Å². The van der Waals surface area contributed by atoms with Crippen LogP contribution in [0, 0.1) is 5.82 Å². The van der Waals surface area contributed by atoms with E-state index in [1.165, 1.54) is 37.4 Å². The number of hydrogen-bond donors (Lipinski definition) is 1. The van der Waals surface area contributed by atoms with Gasteiger partial charge in [0.25, 0.3) is 5.91 Å². The molecule has 0 aliphatic carbocycles. The lowest BCUT2D eigenvalue weighted by molar-refractivity contribution is -0.143. The number of benzene rings is 3. The fraction of sp³-hybridized carbons (Fsp3) is 0.154. The van der Waals surface area contributed by atoms with Gasteiger partial charge in [0.05, 0.1) is 19.2 Å². The molecule has 0 radical (unpaired) electrons. The highest BCUT2D eigenvalue weighted by atomic mass is 19.1. The molecular formula is C26H22FN3O6. The number of nitrogens with zero attached hydrogens (tertiary/aromatic N) is 2. The van der Waals surface area contributed by atoms with Crippen molar-refractivity contribution in [3.8, 4) is 17.2 Å². The number of imide groups is 2. The third-order valence-electron chi connectivity index (χ3n) is 5.46. The molecule has 5 amide bonds. The van der Waals surface area contributed by atoms with E-state index in [4.69, 9.17) is 9.47 Å². The number of halogens is 1. The zero-order valence-electron chi connectivity index (χ0n) is 19.5. The molecule has 1 fully saturated rings. The Morgan fingerprint density at radius 2 is 1.50 bits per heavy atom. The molecule has 4 rings (SSSR count). The first-order chi connectivity index (χ1) is 17.3. The minimum absolute atomic E-state index is 0.0872. The minimum Gasteiger partial charge on any atom is -0.496 e. The van der Waals surface area contributed by atoms with Crippen LogP contribution in [0.15, 0.2) is 66.7 Å². The Morgan fingerprint density at radius 1 is 0.889 bits per heavy atom. The first kappa shape index (κ1) is 24.4. The second-order valence-corrected chi connectivity index (χ2v) is 7.79. The molecule has 1 heterocycles. The highest BCUT2D eigenvalue weighted by molar-refractivity contribution is 6.44. The number of rotatable bonds is 8. The molecule has 0 aromatic heterocycles. The van der Waals surface area contributed by atoms with Crippen LogP contribution in [0.2, 0.25) is 0 Å². The van der Waals surface area contributed by atoms with E-state index < -0.39 is 23.8 Å². The van der Waals surface area contributed by atoms with Crippen LogP contribution in [-0.4, -0.2) is 47.2 Å². The van der Waals surface area contributed by atoms with E-state index in [1.54, 1.807) is 43.3 Å². The summed E-state index contributed by atoms with van der Waals surface area (Å²) >= 11 is 0. The molecule has 3 aromatic rings. The van der Waals surface area contributed by atoms with E-state index in [0.717, 1.165) is 9.80 Å². The van der Waals surface area contributed by atoms with Crippen molar-refractivity contribution in [2.45, 2.75) is 13.5 Å². The van der Waals surface area contributed by atoms with Crippen molar-refractivity contribution in [2.24, 2.45) is 0 Å². The lowest BCUT2D eigenvalue weighted by Gasteiger charge is -2.16. The summed E-state index contributed by atoms with van der Waals surface area (Å²) in [5.74, 6) is -1.38. The van der Waals surface area contributed by atoms with Crippen LogP contribution in [-0.2, 0) is 16.1 Å². The van der Waals surface area contributed by atoms with Crippen LogP contribution >= 0.6 is 0 Å². The van der Waals surface area contributed by atoms with Gasteiger partial charge in [0.15, 0.2) is 0 Å². The zero-order valence-corrected chi connectivity index (χ0v) is 19.5. The number of anilines is 1. The molecule has 36 heavy (non-hydrogen) atoms. The van der Waals surface area contributed by atoms with Crippen molar-refractivity contribution in [3.05, 3.63) is 83.7 Å². The number of carbonyl (C=O) groups is 4. The predicted octanol–water partition coefficient (Wildman–Crippen LogP) is 4.19. The number of carbonyl (C=O) groups excluding carboxylic acids is 4. The van der Waals surface area contributed by atoms with E-state index in [9.17, 15) is 23.6 Å². The van der Waals surface area contributed by atoms with Gasteiger partial charge >= 0.3 is 17.8 Å². The molecule has 9 nitrogen and oxygen atoms in total. The van der Waals surface area contributed by atoms with Crippen molar-refractivity contribution >= 4 is 29.4 Å². The number of likely N-dealkylation sites (N-methyl/N-ethyl adjacent to an activating group) is 1. The van der Waals surface area contributed by atoms with Crippen molar-refractivity contribution in [1.29, 1.82) is 0 Å². The minimum atomic E-state index is -0.911. The second kappa shape index (κ2) is 10.3. The Labute approximate surface area is 206 Å². The van der Waals surface area contributed by atoms with Crippen LogP contribution in [0.3, 0.4) is 0 Å². The van der Waals surface area contributed by atoms with Crippen molar-refractivity contribution in [3.63, 3.8) is 0 Å². The summed E-state index contributed by atoms with van der Waals surface area (Å²) in [6.07, 6.45) is 0. The summed E-state index contributed by atoms with van der Waals surface area (Å²) in [4.78, 5) is 51.3. The number of hydrogen-bond acceptors (Lipinski definition) is 6. The van der Waals surface area contributed by atoms with Gasteiger partial charge in [0.2, 0.25) is 0 Å². The molecule has 0 saturated carbocycles. The first-order valence-corrected chi connectivity index (χ1v) is 11.0. The monoisotopic (exact) mass is 491 g/mol. The van der Waals surface area contributed by atoms with E-state index in [0.29, 0.717) is 22.7 Å². The Bertz CT molecular complexity index is 1320. The van der Waals surface area contributed by atoms with Crippen molar-refractivity contribution < 1.29 is 33.0 Å².